The standard InChI is InChI=1S/C12H12.CH5N/c1-3-7-11(8-4-1)12-9-5-2-6-10-12;1-2/h1-5,7-9H,6,10H2;2H2,1H3. The summed E-state index contributed by atoms with van der Waals surface area (Å²) in [6.07, 6.45) is 8.93. The van der Waals surface area contributed by atoms with Gasteiger partial charge in [-0.2, -0.15) is 0 Å². The smallest absolute Gasteiger partial charge is 0.0195 e. The molecule has 0 aliphatic heterocycles. The zero-order valence-electron chi connectivity index (χ0n) is 8.61. The summed E-state index contributed by atoms with van der Waals surface area (Å²) in [6.45, 7) is 0. The van der Waals surface area contributed by atoms with E-state index >= 15 is 0 Å². The van der Waals surface area contributed by atoms with Gasteiger partial charge in [0.15, 0.2) is 0 Å². The van der Waals surface area contributed by atoms with Gasteiger partial charge in [-0.15, -0.1) is 0 Å². The lowest BCUT2D eigenvalue weighted by molar-refractivity contribution is 1.05. The second-order valence-electron chi connectivity index (χ2n) is 3.02. The van der Waals surface area contributed by atoms with Gasteiger partial charge in [-0.05, 0) is 31.0 Å². The number of nitrogens with two attached hydrogens (primary N) is 1. The molecule has 2 N–H and O–H groups in total. The normalized spacial score (nSPS) is 14.0. The quantitative estimate of drug-likeness (QED) is 0.718. The van der Waals surface area contributed by atoms with Crippen LogP contribution < -0.4 is 5.73 Å². The molecule has 0 amide bonds. The molecule has 14 heavy (non-hydrogen) atoms. The Bertz CT molecular complexity index is 309. The van der Waals surface area contributed by atoms with Gasteiger partial charge in [0.05, 0.1) is 0 Å². The Morgan fingerprint density at radius 3 is 2.36 bits per heavy atom. The number of benzene rings is 1. The largest absolute Gasteiger partial charge is 0.333 e. The summed E-state index contributed by atoms with van der Waals surface area (Å²) in [6, 6.07) is 10.6. The maximum Gasteiger partial charge on any atom is -0.0195 e. The molecule has 0 saturated heterocycles. The molecule has 1 aromatic carbocycles. The van der Waals surface area contributed by atoms with Crippen LogP contribution in [0, 0.1) is 0 Å². The van der Waals surface area contributed by atoms with Crippen molar-refractivity contribution in [2.45, 2.75) is 12.8 Å². The van der Waals surface area contributed by atoms with Crippen LogP contribution in [0.15, 0.2) is 48.6 Å². The molecule has 0 atom stereocenters. The summed E-state index contributed by atoms with van der Waals surface area (Å²) in [7, 11) is 1.50. The zero-order valence-corrected chi connectivity index (χ0v) is 8.61. The van der Waals surface area contributed by atoms with Crippen molar-refractivity contribution in [2.24, 2.45) is 5.73 Å². The fourth-order valence-corrected chi connectivity index (χ4v) is 1.50. The van der Waals surface area contributed by atoms with Gasteiger partial charge in [0.1, 0.15) is 0 Å². The van der Waals surface area contributed by atoms with Gasteiger partial charge in [0.2, 0.25) is 0 Å². The Kier molecular flexibility index (Phi) is 4.73. The van der Waals surface area contributed by atoms with Gasteiger partial charge in [0, 0.05) is 0 Å². The molecular formula is C13H17N. The molecule has 0 unspecified atom stereocenters. The third-order valence-electron chi connectivity index (χ3n) is 2.16. The highest BCUT2D eigenvalue weighted by Crippen LogP contribution is 2.22. The molecule has 74 valence electrons. The van der Waals surface area contributed by atoms with Crippen LogP contribution in [0.1, 0.15) is 18.4 Å². The van der Waals surface area contributed by atoms with Crippen molar-refractivity contribution < 1.29 is 0 Å². The predicted octanol–water partition coefficient (Wildman–Crippen LogP) is 2.99. The average molecular weight is 187 g/mol. The molecule has 1 nitrogen and oxygen atoms in total. The van der Waals surface area contributed by atoms with Crippen LogP contribution >= 0.6 is 0 Å². The third kappa shape index (κ3) is 2.86. The summed E-state index contributed by atoms with van der Waals surface area (Å²) in [5, 5.41) is 0. The molecular weight excluding hydrogens is 170 g/mol. The molecule has 1 aliphatic carbocycles. The van der Waals surface area contributed by atoms with Crippen LogP contribution in [0.25, 0.3) is 5.57 Å². The van der Waals surface area contributed by atoms with E-state index in [9.17, 15) is 0 Å². The first kappa shape index (κ1) is 10.7. The second-order valence-corrected chi connectivity index (χ2v) is 3.02. The maximum atomic E-state index is 4.50. The first-order chi connectivity index (χ1) is 6.97. The Morgan fingerprint density at radius 1 is 1.07 bits per heavy atom. The van der Waals surface area contributed by atoms with Crippen molar-refractivity contribution >= 4 is 5.57 Å². The first-order valence-corrected chi connectivity index (χ1v) is 4.96. The molecule has 0 saturated carbocycles. The molecule has 1 heteroatoms. The number of hydrogen-bond donors (Lipinski definition) is 1. The monoisotopic (exact) mass is 187 g/mol. The van der Waals surface area contributed by atoms with Crippen molar-refractivity contribution in [1.82, 2.24) is 0 Å². The number of rotatable bonds is 1. The van der Waals surface area contributed by atoms with Crippen molar-refractivity contribution in [2.75, 3.05) is 7.05 Å². The second kappa shape index (κ2) is 6.17. The van der Waals surface area contributed by atoms with Crippen LogP contribution in [0.5, 0.6) is 0 Å². The lowest BCUT2D eigenvalue weighted by Gasteiger charge is -2.08. The minimum Gasteiger partial charge on any atom is -0.333 e. The van der Waals surface area contributed by atoms with E-state index < -0.39 is 0 Å². The van der Waals surface area contributed by atoms with Gasteiger partial charge >= 0.3 is 0 Å². The molecule has 1 aliphatic rings. The van der Waals surface area contributed by atoms with Crippen LogP contribution in [0.4, 0.5) is 0 Å². The van der Waals surface area contributed by atoms with Crippen molar-refractivity contribution in [3.05, 3.63) is 54.1 Å². The Balaban J connectivity index is 0.000000461. The zero-order chi connectivity index (χ0) is 10.2. The molecule has 1 aromatic rings. The summed E-state index contributed by atoms with van der Waals surface area (Å²) in [4.78, 5) is 0. The lowest BCUT2D eigenvalue weighted by atomic mass is 9.98. The summed E-state index contributed by atoms with van der Waals surface area (Å²) >= 11 is 0. The Morgan fingerprint density at radius 2 is 1.79 bits per heavy atom. The summed E-state index contributed by atoms with van der Waals surface area (Å²) in [5.74, 6) is 0. The van der Waals surface area contributed by atoms with Crippen molar-refractivity contribution in [1.29, 1.82) is 0 Å². The van der Waals surface area contributed by atoms with Gasteiger partial charge in [-0.25, -0.2) is 0 Å². The third-order valence-corrected chi connectivity index (χ3v) is 2.16. The topological polar surface area (TPSA) is 26.0 Å². The molecule has 0 bridgehead atoms. The molecule has 0 aromatic heterocycles. The van der Waals surface area contributed by atoms with Crippen LogP contribution in [-0.2, 0) is 0 Å². The molecule has 0 spiro atoms. The van der Waals surface area contributed by atoms with E-state index in [-0.39, 0.29) is 0 Å². The first-order valence-electron chi connectivity index (χ1n) is 4.96. The molecule has 2 rings (SSSR count). The van der Waals surface area contributed by atoms with Gasteiger partial charge in [-0.1, -0.05) is 48.6 Å². The van der Waals surface area contributed by atoms with E-state index in [4.69, 9.17) is 0 Å². The Labute approximate surface area is 85.9 Å². The van der Waals surface area contributed by atoms with E-state index in [1.54, 1.807) is 0 Å². The van der Waals surface area contributed by atoms with E-state index in [2.05, 4.69) is 54.3 Å². The van der Waals surface area contributed by atoms with E-state index in [1.165, 1.54) is 31.0 Å². The number of allylic oxidation sites excluding steroid dienone is 4. The molecule has 0 heterocycles. The van der Waals surface area contributed by atoms with Gasteiger partial charge in [-0.3, -0.25) is 0 Å². The highest BCUT2D eigenvalue weighted by molar-refractivity contribution is 5.67. The van der Waals surface area contributed by atoms with Crippen LogP contribution in [0.3, 0.4) is 0 Å². The lowest BCUT2D eigenvalue weighted by Crippen LogP contribution is -1.86. The van der Waals surface area contributed by atoms with Gasteiger partial charge < -0.3 is 5.73 Å². The fraction of sp³-hybridized carbons (Fsp3) is 0.231. The minimum absolute atomic E-state index is 1.18. The van der Waals surface area contributed by atoms with Crippen LogP contribution in [-0.4, -0.2) is 7.05 Å². The van der Waals surface area contributed by atoms with Crippen molar-refractivity contribution in [3.8, 4) is 0 Å². The number of hydrogen-bond acceptors (Lipinski definition) is 1. The molecule has 0 fully saturated rings. The predicted molar refractivity (Wildman–Crippen MR) is 62.9 cm³/mol. The maximum absolute atomic E-state index is 4.50. The van der Waals surface area contributed by atoms with E-state index in [1.807, 2.05) is 0 Å². The summed E-state index contributed by atoms with van der Waals surface area (Å²) in [5.41, 5.74) is 7.32. The van der Waals surface area contributed by atoms with Gasteiger partial charge in [0.25, 0.3) is 0 Å². The van der Waals surface area contributed by atoms with Crippen molar-refractivity contribution in [3.63, 3.8) is 0 Å². The SMILES string of the molecule is C1=CCCC(c2ccccc2)=C1.CN. The minimum atomic E-state index is 1.18. The average Bonchev–Trinajstić information content (AvgIpc) is 2.34. The summed E-state index contributed by atoms with van der Waals surface area (Å²) < 4.78 is 0. The van der Waals surface area contributed by atoms with Crippen LogP contribution in [0.2, 0.25) is 0 Å². The highest BCUT2D eigenvalue weighted by atomic mass is 14.4. The fourth-order valence-electron chi connectivity index (χ4n) is 1.50. The van der Waals surface area contributed by atoms with E-state index in [0.29, 0.717) is 0 Å². The highest BCUT2D eigenvalue weighted by Gasteiger charge is 2.00. The Hall–Kier alpha value is -1.34. The van der Waals surface area contributed by atoms with E-state index in [0.717, 1.165) is 0 Å². The molecule has 0 radical (unpaired) electrons.